The largest absolute Gasteiger partial charge is 0.507 e. The third-order valence-corrected chi connectivity index (χ3v) is 1.59. The molecule has 0 saturated heterocycles. The van der Waals surface area contributed by atoms with Crippen LogP contribution in [0.1, 0.15) is 18.5 Å². The van der Waals surface area contributed by atoms with Gasteiger partial charge in [0.15, 0.2) is 11.6 Å². The van der Waals surface area contributed by atoms with Gasteiger partial charge in [-0.15, -0.1) is 0 Å². The molecule has 0 aliphatic carbocycles. The smallest absolute Gasteiger partial charge is 0.173 e. The summed E-state index contributed by atoms with van der Waals surface area (Å²) in [6.45, 7) is 1.53. The molecule has 0 heterocycles. The Morgan fingerprint density at radius 1 is 1.33 bits per heavy atom. The minimum Gasteiger partial charge on any atom is -0.507 e. The normalized spacial score (nSPS) is 12.9. The molecule has 12 heavy (non-hydrogen) atoms. The molecule has 1 atom stereocenters. The van der Waals surface area contributed by atoms with E-state index in [4.69, 9.17) is 15.9 Å². The van der Waals surface area contributed by atoms with E-state index in [0.717, 1.165) is 6.07 Å². The Bertz CT molecular complexity index is 299. The summed E-state index contributed by atoms with van der Waals surface area (Å²) in [4.78, 5) is 0. The van der Waals surface area contributed by atoms with Crippen LogP contribution in [-0.4, -0.2) is 10.2 Å². The molecular weight excluding hydrogens is 161 g/mol. The van der Waals surface area contributed by atoms with Crippen molar-refractivity contribution in [3.05, 3.63) is 23.5 Å². The Morgan fingerprint density at radius 3 is 2.25 bits per heavy atom. The van der Waals surface area contributed by atoms with E-state index in [-0.39, 0.29) is 11.3 Å². The van der Waals surface area contributed by atoms with Gasteiger partial charge in [-0.05, 0) is 19.1 Å². The maximum atomic E-state index is 13.0. The molecule has 4 N–H and O–H groups in total. The van der Waals surface area contributed by atoms with Crippen LogP contribution in [-0.2, 0) is 0 Å². The Morgan fingerprint density at radius 2 is 1.83 bits per heavy atom. The summed E-state index contributed by atoms with van der Waals surface area (Å²) in [5, 5.41) is 18.1. The Balaban J connectivity index is 3.33. The highest BCUT2D eigenvalue weighted by Crippen LogP contribution is 2.30. The quantitative estimate of drug-likeness (QED) is 0.557. The first-order chi connectivity index (χ1) is 5.54. The summed E-state index contributed by atoms with van der Waals surface area (Å²) in [5.74, 6) is -1.59. The summed E-state index contributed by atoms with van der Waals surface area (Å²) >= 11 is 0. The molecule has 1 rings (SSSR count). The molecule has 1 unspecified atom stereocenters. The van der Waals surface area contributed by atoms with Crippen LogP contribution < -0.4 is 5.73 Å². The summed E-state index contributed by atoms with van der Waals surface area (Å²) in [6.07, 6.45) is 0. The molecule has 0 amide bonds. The van der Waals surface area contributed by atoms with Crippen LogP contribution in [0.4, 0.5) is 4.39 Å². The van der Waals surface area contributed by atoms with Crippen molar-refractivity contribution in [2.24, 2.45) is 5.73 Å². The first-order valence-electron chi connectivity index (χ1n) is 3.50. The first-order valence-corrected chi connectivity index (χ1v) is 3.50. The van der Waals surface area contributed by atoms with Crippen molar-refractivity contribution in [3.63, 3.8) is 0 Å². The maximum Gasteiger partial charge on any atom is 0.173 e. The van der Waals surface area contributed by atoms with Crippen LogP contribution in [0, 0.1) is 5.82 Å². The number of rotatable bonds is 1. The number of hydrogen-bond donors (Lipinski definition) is 3. The highest BCUT2D eigenvalue weighted by molar-refractivity contribution is 5.41. The fraction of sp³-hybridized carbons (Fsp3) is 0.250. The molecule has 0 aliphatic heterocycles. The number of hydrogen-bond acceptors (Lipinski definition) is 3. The van der Waals surface area contributed by atoms with Crippen LogP contribution in [0.25, 0.3) is 0 Å². The lowest BCUT2D eigenvalue weighted by Gasteiger charge is -2.09. The van der Waals surface area contributed by atoms with Crippen LogP contribution in [0.5, 0.6) is 11.5 Å². The van der Waals surface area contributed by atoms with Crippen molar-refractivity contribution in [3.8, 4) is 11.5 Å². The molecule has 0 saturated carbocycles. The van der Waals surface area contributed by atoms with Gasteiger partial charge in [-0.2, -0.15) is 0 Å². The first kappa shape index (κ1) is 8.80. The SMILES string of the molecule is CC(N)c1c(O)ccc(O)c1F. The molecule has 0 radical (unpaired) electrons. The summed E-state index contributed by atoms with van der Waals surface area (Å²) in [6, 6.07) is 1.64. The molecular formula is C8H10FNO2. The lowest BCUT2D eigenvalue weighted by Crippen LogP contribution is -2.07. The Labute approximate surface area is 69.3 Å². The number of halogens is 1. The number of aromatic hydroxyl groups is 2. The average molecular weight is 171 g/mol. The van der Waals surface area contributed by atoms with E-state index in [0.29, 0.717) is 0 Å². The van der Waals surface area contributed by atoms with Gasteiger partial charge in [0.2, 0.25) is 0 Å². The molecule has 1 aromatic rings. The monoisotopic (exact) mass is 171 g/mol. The van der Waals surface area contributed by atoms with Crippen molar-refractivity contribution in [2.75, 3.05) is 0 Å². The molecule has 1 aromatic carbocycles. The minimum absolute atomic E-state index is 0.0602. The van der Waals surface area contributed by atoms with Gasteiger partial charge in [-0.25, -0.2) is 4.39 Å². The summed E-state index contributed by atoms with van der Waals surface area (Å²) < 4.78 is 13.0. The standard InChI is InChI=1S/C8H10FNO2/c1-4(10)7-5(11)2-3-6(12)8(7)9/h2-4,11-12H,10H2,1H3. The fourth-order valence-electron chi connectivity index (χ4n) is 1.00. The number of benzene rings is 1. The predicted molar refractivity (Wildman–Crippen MR) is 42.3 cm³/mol. The van der Waals surface area contributed by atoms with Crippen LogP contribution in [0.15, 0.2) is 12.1 Å². The second kappa shape index (κ2) is 2.98. The Kier molecular flexibility index (Phi) is 2.19. The highest BCUT2D eigenvalue weighted by atomic mass is 19.1. The zero-order valence-electron chi connectivity index (χ0n) is 6.58. The maximum absolute atomic E-state index is 13.0. The molecule has 0 fully saturated rings. The van der Waals surface area contributed by atoms with Crippen molar-refractivity contribution >= 4 is 0 Å². The third-order valence-electron chi connectivity index (χ3n) is 1.59. The van der Waals surface area contributed by atoms with Crippen molar-refractivity contribution < 1.29 is 14.6 Å². The third kappa shape index (κ3) is 1.33. The van der Waals surface area contributed by atoms with E-state index < -0.39 is 17.6 Å². The molecule has 0 aromatic heterocycles. The summed E-state index contributed by atoms with van der Waals surface area (Å²) in [7, 11) is 0. The summed E-state index contributed by atoms with van der Waals surface area (Å²) in [5.41, 5.74) is 5.31. The van der Waals surface area contributed by atoms with Crippen LogP contribution >= 0.6 is 0 Å². The van der Waals surface area contributed by atoms with Gasteiger partial charge in [0.25, 0.3) is 0 Å². The topological polar surface area (TPSA) is 66.5 Å². The van der Waals surface area contributed by atoms with E-state index in [1.54, 1.807) is 0 Å². The van der Waals surface area contributed by atoms with E-state index in [1.807, 2.05) is 0 Å². The van der Waals surface area contributed by atoms with E-state index in [2.05, 4.69) is 0 Å². The van der Waals surface area contributed by atoms with Crippen molar-refractivity contribution in [1.29, 1.82) is 0 Å². The van der Waals surface area contributed by atoms with Gasteiger partial charge in [0, 0.05) is 11.6 Å². The van der Waals surface area contributed by atoms with E-state index >= 15 is 0 Å². The van der Waals surface area contributed by atoms with Gasteiger partial charge >= 0.3 is 0 Å². The second-order valence-electron chi connectivity index (χ2n) is 2.62. The molecule has 0 aliphatic rings. The number of phenols is 2. The molecule has 0 bridgehead atoms. The van der Waals surface area contributed by atoms with Gasteiger partial charge in [-0.1, -0.05) is 0 Å². The van der Waals surface area contributed by atoms with Gasteiger partial charge in [0.1, 0.15) is 5.75 Å². The lowest BCUT2D eigenvalue weighted by atomic mass is 10.1. The molecule has 66 valence electrons. The zero-order valence-corrected chi connectivity index (χ0v) is 6.58. The molecule has 0 spiro atoms. The number of phenolic OH excluding ortho intramolecular Hbond substituents is 2. The second-order valence-corrected chi connectivity index (χ2v) is 2.62. The van der Waals surface area contributed by atoms with Crippen LogP contribution in [0.3, 0.4) is 0 Å². The Hall–Kier alpha value is -1.29. The molecule has 4 heteroatoms. The predicted octanol–water partition coefficient (Wildman–Crippen LogP) is 1.26. The van der Waals surface area contributed by atoms with Crippen molar-refractivity contribution in [2.45, 2.75) is 13.0 Å². The van der Waals surface area contributed by atoms with Gasteiger partial charge in [0.05, 0.1) is 0 Å². The van der Waals surface area contributed by atoms with Gasteiger partial charge in [-0.3, -0.25) is 0 Å². The van der Waals surface area contributed by atoms with Crippen LogP contribution in [0.2, 0.25) is 0 Å². The van der Waals surface area contributed by atoms with Gasteiger partial charge < -0.3 is 15.9 Å². The lowest BCUT2D eigenvalue weighted by molar-refractivity contribution is 0.409. The van der Waals surface area contributed by atoms with E-state index in [1.165, 1.54) is 13.0 Å². The van der Waals surface area contributed by atoms with E-state index in [9.17, 15) is 4.39 Å². The fourth-order valence-corrected chi connectivity index (χ4v) is 1.00. The minimum atomic E-state index is -0.856. The van der Waals surface area contributed by atoms with Crippen molar-refractivity contribution in [1.82, 2.24) is 0 Å². The average Bonchev–Trinajstić information content (AvgIpc) is 1.97. The highest BCUT2D eigenvalue weighted by Gasteiger charge is 2.15. The number of nitrogens with two attached hydrogens (primary N) is 1. The molecule has 3 nitrogen and oxygen atoms in total. The zero-order chi connectivity index (χ0) is 9.30.